The molecule has 0 bridgehead atoms. The van der Waals surface area contributed by atoms with E-state index in [-0.39, 0.29) is 11.9 Å². The SMILES string of the molecule is CCc1cc2c(N3CCN(C(=O)C4Cc5ccccc5N4)CC3)ncnc2s1. The van der Waals surface area contributed by atoms with Crippen LogP contribution in [0.25, 0.3) is 10.2 Å². The number of carbonyl (C=O) groups excluding carboxylic acids is 1. The summed E-state index contributed by atoms with van der Waals surface area (Å²) in [6.07, 6.45) is 3.45. The highest BCUT2D eigenvalue weighted by molar-refractivity contribution is 7.18. The third-order valence-electron chi connectivity index (χ3n) is 5.67. The van der Waals surface area contributed by atoms with Gasteiger partial charge in [-0.15, -0.1) is 11.3 Å². The second-order valence-corrected chi connectivity index (χ2v) is 8.47. The van der Waals surface area contributed by atoms with Crippen molar-refractivity contribution in [3.05, 3.63) is 47.1 Å². The fraction of sp³-hybridized carbons (Fsp3) is 0.381. The second kappa shape index (κ2) is 7.05. The molecule has 1 saturated heterocycles. The highest BCUT2D eigenvalue weighted by Crippen LogP contribution is 2.31. The van der Waals surface area contributed by atoms with Crippen molar-refractivity contribution in [1.82, 2.24) is 14.9 Å². The minimum Gasteiger partial charge on any atom is -0.373 e. The predicted molar refractivity (Wildman–Crippen MR) is 113 cm³/mol. The van der Waals surface area contributed by atoms with Gasteiger partial charge in [-0.1, -0.05) is 25.1 Å². The van der Waals surface area contributed by atoms with E-state index < -0.39 is 0 Å². The molecule has 28 heavy (non-hydrogen) atoms. The Morgan fingerprint density at radius 1 is 1.21 bits per heavy atom. The van der Waals surface area contributed by atoms with E-state index in [4.69, 9.17) is 0 Å². The predicted octanol–water partition coefficient (Wildman–Crippen LogP) is 2.94. The van der Waals surface area contributed by atoms with E-state index >= 15 is 0 Å². The number of piperazine rings is 1. The topological polar surface area (TPSA) is 61.4 Å². The van der Waals surface area contributed by atoms with Gasteiger partial charge in [-0.25, -0.2) is 9.97 Å². The zero-order valence-corrected chi connectivity index (χ0v) is 16.7. The van der Waals surface area contributed by atoms with Crippen LogP contribution in [-0.4, -0.2) is 53.0 Å². The Labute approximate surface area is 168 Å². The van der Waals surface area contributed by atoms with E-state index in [9.17, 15) is 4.79 Å². The number of fused-ring (bicyclic) bond motifs is 2. The minimum atomic E-state index is -0.140. The third-order valence-corrected chi connectivity index (χ3v) is 6.86. The summed E-state index contributed by atoms with van der Waals surface area (Å²) >= 11 is 1.74. The highest BCUT2D eigenvalue weighted by atomic mass is 32.1. The second-order valence-electron chi connectivity index (χ2n) is 7.35. The van der Waals surface area contributed by atoms with Crippen LogP contribution in [0.1, 0.15) is 17.4 Å². The maximum absolute atomic E-state index is 13.0. The summed E-state index contributed by atoms with van der Waals surface area (Å²) in [5.41, 5.74) is 2.32. The van der Waals surface area contributed by atoms with Crippen LogP contribution in [0.5, 0.6) is 0 Å². The van der Waals surface area contributed by atoms with Crippen LogP contribution in [0.3, 0.4) is 0 Å². The van der Waals surface area contributed by atoms with E-state index in [2.05, 4.69) is 39.2 Å². The molecule has 1 fully saturated rings. The monoisotopic (exact) mass is 393 g/mol. The number of hydrogen-bond donors (Lipinski definition) is 1. The van der Waals surface area contributed by atoms with Crippen LogP contribution >= 0.6 is 11.3 Å². The normalized spacial score (nSPS) is 19.0. The third kappa shape index (κ3) is 2.99. The van der Waals surface area contributed by atoms with Crippen molar-refractivity contribution in [2.75, 3.05) is 36.4 Å². The van der Waals surface area contributed by atoms with Gasteiger partial charge in [-0.2, -0.15) is 0 Å². The van der Waals surface area contributed by atoms with Gasteiger partial charge in [-0.3, -0.25) is 4.79 Å². The number of para-hydroxylation sites is 1. The van der Waals surface area contributed by atoms with Crippen molar-refractivity contribution in [3.63, 3.8) is 0 Å². The number of aromatic nitrogens is 2. The van der Waals surface area contributed by atoms with Gasteiger partial charge < -0.3 is 15.1 Å². The molecule has 7 heteroatoms. The highest BCUT2D eigenvalue weighted by Gasteiger charge is 2.32. The number of benzene rings is 1. The van der Waals surface area contributed by atoms with Crippen LogP contribution in [0.15, 0.2) is 36.7 Å². The average Bonchev–Trinajstić information content (AvgIpc) is 3.37. The summed E-state index contributed by atoms with van der Waals surface area (Å²) < 4.78 is 0. The van der Waals surface area contributed by atoms with Gasteiger partial charge >= 0.3 is 0 Å². The van der Waals surface area contributed by atoms with E-state index in [0.29, 0.717) is 0 Å². The summed E-state index contributed by atoms with van der Waals surface area (Å²) in [5.74, 6) is 1.20. The molecule has 0 spiro atoms. The van der Waals surface area contributed by atoms with Crippen molar-refractivity contribution >= 4 is 39.0 Å². The number of anilines is 2. The first-order chi connectivity index (χ1) is 13.7. The Morgan fingerprint density at radius 3 is 2.82 bits per heavy atom. The molecule has 1 unspecified atom stereocenters. The molecule has 1 atom stereocenters. The van der Waals surface area contributed by atoms with Gasteiger partial charge in [0.1, 0.15) is 23.0 Å². The summed E-state index contributed by atoms with van der Waals surface area (Å²) in [5, 5.41) is 4.52. The van der Waals surface area contributed by atoms with Crippen LogP contribution in [0.4, 0.5) is 11.5 Å². The number of nitrogens with zero attached hydrogens (tertiary/aromatic N) is 4. The number of carbonyl (C=O) groups is 1. The fourth-order valence-electron chi connectivity index (χ4n) is 4.13. The van der Waals surface area contributed by atoms with Crippen molar-refractivity contribution in [2.45, 2.75) is 25.8 Å². The average molecular weight is 394 g/mol. The maximum Gasteiger partial charge on any atom is 0.245 e. The molecule has 0 aliphatic carbocycles. The van der Waals surface area contributed by atoms with Crippen LogP contribution < -0.4 is 10.2 Å². The zero-order valence-electron chi connectivity index (χ0n) is 15.9. The summed E-state index contributed by atoms with van der Waals surface area (Å²) in [6, 6.07) is 10.3. The molecule has 2 aliphatic heterocycles. The molecule has 2 aliphatic rings. The molecule has 1 N–H and O–H groups in total. The van der Waals surface area contributed by atoms with E-state index in [1.54, 1.807) is 17.7 Å². The zero-order chi connectivity index (χ0) is 19.1. The molecular weight excluding hydrogens is 370 g/mol. The van der Waals surface area contributed by atoms with Gasteiger partial charge in [0.2, 0.25) is 5.91 Å². The molecule has 1 aromatic carbocycles. The minimum absolute atomic E-state index is 0.140. The lowest BCUT2D eigenvalue weighted by atomic mass is 10.1. The maximum atomic E-state index is 13.0. The number of aryl methyl sites for hydroxylation is 1. The lowest BCUT2D eigenvalue weighted by Crippen LogP contribution is -2.52. The number of amides is 1. The van der Waals surface area contributed by atoms with E-state index in [1.807, 2.05) is 23.1 Å². The largest absolute Gasteiger partial charge is 0.373 e. The quantitative estimate of drug-likeness (QED) is 0.741. The first-order valence-electron chi connectivity index (χ1n) is 9.84. The molecule has 1 amide bonds. The Kier molecular flexibility index (Phi) is 4.39. The van der Waals surface area contributed by atoms with Crippen molar-refractivity contribution in [2.24, 2.45) is 0 Å². The standard InChI is InChI=1S/C21H23N5OS/c1-2-15-12-16-19(22-13-23-20(16)28-15)25-7-9-26(10-8-25)21(27)18-11-14-5-3-4-6-17(14)24-18/h3-6,12-13,18,24H,2,7-11H2,1H3. The molecular formula is C21H23N5OS. The first-order valence-corrected chi connectivity index (χ1v) is 10.7. The van der Waals surface area contributed by atoms with Gasteiger partial charge in [0.05, 0.1) is 5.39 Å². The molecule has 3 aromatic rings. The molecule has 0 radical (unpaired) electrons. The summed E-state index contributed by atoms with van der Waals surface area (Å²) in [7, 11) is 0. The van der Waals surface area contributed by atoms with Gasteiger partial charge in [0, 0.05) is 43.2 Å². The van der Waals surface area contributed by atoms with Crippen LogP contribution in [0.2, 0.25) is 0 Å². The van der Waals surface area contributed by atoms with Crippen molar-refractivity contribution in [3.8, 4) is 0 Å². The van der Waals surface area contributed by atoms with Gasteiger partial charge in [-0.05, 0) is 24.1 Å². The van der Waals surface area contributed by atoms with E-state index in [1.165, 1.54) is 10.4 Å². The number of nitrogens with one attached hydrogen (secondary N) is 1. The molecule has 144 valence electrons. The smallest absolute Gasteiger partial charge is 0.245 e. The Hall–Kier alpha value is -2.67. The molecule has 4 heterocycles. The molecule has 6 nitrogen and oxygen atoms in total. The first kappa shape index (κ1) is 17.4. The Bertz CT molecular complexity index is 1000. The summed E-state index contributed by atoms with van der Waals surface area (Å²) in [4.78, 5) is 28.6. The molecule has 2 aromatic heterocycles. The number of hydrogen-bond acceptors (Lipinski definition) is 6. The van der Waals surface area contributed by atoms with Gasteiger partial charge in [0.15, 0.2) is 0 Å². The van der Waals surface area contributed by atoms with Crippen LogP contribution in [0, 0.1) is 0 Å². The van der Waals surface area contributed by atoms with Crippen molar-refractivity contribution < 1.29 is 4.79 Å². The lowest BCUT2D eigenvalue weighted by molar-refractivity contribution is -0.132. The molecule has 0 saturated carbocycles. The fourth-order valence-corrected chi connectivity index (χ4v) is 5.05. The van der Waals surface area contributed by atoms with Crippen LogP contribution in [-0.2, 0) is 17.6 Å². The number of thiophene rings is 1. The van der Waals surface area contributed by atoms with Gasteiger partial charge in [0.25, 0.3) is 0 Å². The van der Waals surface area contributed by atoms with Crippen molar-refractivity contribution in [1.29, 1.82) is 0 Å². The Balaban J connectivity index is 1.27. The summed E-state index contributed by atoms with van der Waals surface area (Å²) in [6.45, 7) is 5.22. The Morgan fingerprint density at radius 2 is 2.04 bits per heavy atom. The van der Waals surface area contributed by atoms with E-state index in [0.717, 1.165) is 60.7 Å². The lowest BCUT2D eigenvalue weighted by Gasteiger charge is -2.36. The number of rotatable bonds is 3. The molecule has 5 rings (SSSR count).